The molecule has 0 bridgehead atoms. The Kier molecular flexibility index (Phi) is 8.51. The lowest BCUT2D eigenvalue weighted by atomic mass is 10.3. The van der Waals surface area contributed by atoms with Gasteiger partial charge >= 0.3 is 0 Å². The lowest BCUT2D eigenvalue weighted by molar-refractivity contribution is 0.949. The summed E-state index contributed by atoms with van der Waals surface area (Å²) in [6.45, 7) is 0.797. The first-order valence-corrected chi connectivity index (χ1v) is 7.27. The van der Waals surface area contributed by atoms with Crippen LogP contribution in [-0.2, 0) is 0 Å². The Hall–Kier alpha value is -1.52. The van der Waals surface area contributed by atoms with Crippen molar-refractivity contribution >= 4 is 27.3 Å². The van der Waals surface area contributed by atoms with E-state index in [9.17, 15) is 0 Å². The topological polar surface area (TPSA) is 50.7 Å². The average molecular weight is 320 g/mol. The summed E-state index contributed by atoms with van der Waals surface area (Å²) in [6, 6.07) is 19.4. The van der Waals surface area contributed by atoms with Gasteiger partial charge in [0, 0.05) is 5.33 Å². The van der Waals surface area contributed by atoms with Crippen molar-refractivity contribution in [3.8, 4) is 0 Å². The van der Waals surface area contributed by atoms with Crippen molar-refractivity contribution in [3.05, 3.63) is 60.7 Å². The summed E-state index contributed by atoms with van der Waals surface area (Å²) in [5.74, 6) is 0. The quantitative estimate of drug-likeness (QED) is 0.636. The van der Waals surface area contributed by atoms with E-state index >= 15 is 0 Å². The molecule has 2 rings (SSSR count). The molecule has 0 radical (unpaired) electrons. The number of alkyl halides is 1. The molecule has 4 heteroatoms. The highest BCUT2D eigenvalue weighted by atomic mass is 79.9. The Bertz CT molecular complexity index is 414. The predicted octanol–water partition coefficient (Wildman–Crippen LogP) is 4.83. The summed E-state index contributed by atoms with van der Waals surface area (Å²) in [7, 11) is 0. The van der Waals surface area contributed by atoms with Crippen molar-refractivity contribution in [3.63, 3.8) is 0 Å². The number of azo groups is 1. The Morgan fingerprint density at radius 2 is 1.21 bits per heavy atom. The highest BCUT2D eigenvalue weighted by Crippen LogP contribution is 2.16. The van der Waals surface area contributed by atoms with Gasteiger partial charge in [0.05, 0.1) is 11.4 Å². The third kappa shape index (κ3) is 7.49. The zero-order valence-corrected chi connectivity index (χ0v) is 12.3. The van der Waals surface area contributed by atoms with Gasteiger partial charge in [0.15, 0.2) is 0 Å². The molecule has 2 aromatic rings. The molecule has 0 unspecified atom stereocenters. The molecule has 0 aliphatic rings. The van der Waals surface area contributed by atoms with Gasteiger partial charge in [0.1, 0.15) is 0 Å². The number of benzene rings is 2. The molecule has 100 valence electrons. The highest BCUT2D eigenvalue weighted by molar-refractivity contribution is 9.09. The first kappa shape index (κ1) is 15.5. The van der Waals surface area contributed by atoms with Gasteiger partial charge in [-0.2, -0.15) is 10.2 Å². The third-order valence-corrected chi connectivity index (χ3v) is 2.69. The molecule has 3 nitrogen and oxygen atoms in total. The SMILES string of the molecule is NCCCBr.c1ccc(N=Nc2ccccc2)cc1. The van der Waals surface area contributed by atoms with Gasteiger partial charge in [-0.15, -0.1) is 0 Å². The van der Waals surface area contributed by atoms with Crippen LogP contribution in [0.15, 0.2) is 70.9 Å². The first-order chi connectivity index (χ1) is 9.36. The summed E-state index contributed by atoms with van der Waals surface area (Å²) in [5, 5.41) is 9.23. The Morgan fingerprint density at radius 3 is 1.47 bits per heavy atom. The van der Waals surface area contributed by atoms with Gasteiger partial charge in [-0.05, 0) is 37.2 Å². The van der Waals surface area contributed by atoms with E-state index in [2.05, 4.69) is 26.2 Å². The second kappa shape index (κ2) is 10.4. The van der Waals surface area contributed by atoms with Crippen LogP contribution < -0.4 is 5.73 Å². The number of nitrogens with zero attached hydrogens (tertiary/aromatic N) is 2. The van der Waals surface area contributed by atoms with E-state index in [0.29, 0.717) is 0 Å². The number of hydrogen-bond acceptors (Lipinski definition) is 3. The van der Waals surface area contributed by atoms with Crippen LogP contribution in [0, 0.1) is 0 Å². The van der Waals surface area contributed by atoms with Gasteiger partial charge in [-0.1, -0.05) is 52.3 Å². The Balaban J connectivity index is 0.000000312. The summed E-state index contributed by atoms with van der Waals surface area (Å²) in [6.07, 6.45) is 1.08. The van der Waals surface area contributed by atoms with Gasteiger partial charge in [0.2, 0.25) is 0 Å². The van der Waals surface area contributed by atoms with E-state index in [1.807, 2.05) is 60.7 Å². The standard InChI is InChI=1S/C12H10N2.C3H8BrN/c1-3-7-11(8-4-1)13-14-12-9-5-2-6-10-12;4-2-1-3-5/h1-10H;1-3,5H2. The summed E-state index contributed by atoms with van der Waals surface area (Å²) in [5.41, 5.74) is 6.85. The molecular formula is C15H18BrN3. The highest BCUT2D eigenvalue weighted by Gasteiger charge is 1.86. The largest absolute Gasteiger partial charge is 0.330 e. The van der Waals surface area contributed by atoms with Crippen LogP contribution in [0.1, 0.15) is 6.42 Å². The molecular weight excluding hydrogens is 302 g/mol. The molecule has 0 atom stereocenters. The van der Waals surface area contributed by atoms with E-state index in [1.165, 1.54) is 0 Å². The molecule has 0 spiro atoms. The van der Waals surface area contributed by atoms with Crippen LogP contribution in [-0.4, -0.2) is 11.9 Å². The van der Waals surface area contributed by atoms with E-state index in [0.717, 1.165) is 29.7 Å². The van der Waals surface area contributed by atoms with Crippen molar-refractivity contribution in [2.45, 2.75) is 6.42 Å². The van der Waals surface area contributed by atoms with Crippen LogP contribution in [0.2, 0.25) is 0 Å². The van der Waals surface area contributed by atoms with E-state index in [1.54, 1.807) is 0 Å². The molecule has 0 saturated carbocycles. The molecule has 0 heterocycles. The summed E-state index contributed by atoms with van der Waals surface area (Å²) < 4.78 is 0. The maximum absolute atomic E-state index is 5.11. The molecule has 0 saturated heterocycles. The molecule has 0 fully saturated rings. The summed E-state index contributed by atoms with van der Waals surface area (Å²) >= 11 is 3.23. The van der Waals surface area contributed by atoms with Gasteiger partial charge in [-0.25, -0.2) is 0 Å². The monoisotopic (exact) mass is 319 g/mol. The second-order valence-corrected chi connectivity index (χ2v) is 4.50. The fourth-order valence-electron chi connectivity index (χ4n) is 1.18. The molecule has 0 aliphatic carbocycles. The number of halogens is 1. The predicted molar refractivity (Wildman–Crippen MR) is 84.5 cm³/mol. The fourth-order valence-corrected chi connectivity index (χ4v) is 1.51. The van der Waals surface area contributed by atoms with Crippen molar-refractivity contribution in [2.24, 2.45) is 16.0 Å². The Morgan fingerprint density at radius 1 is 0.789 bits per heavy atom. The molecule has 0 aliphatic heterocycles. The maximum Gasteiger partial charge on any atom is 0.0857 e. The number of rotatable bonds is 4. The van der Waals surface area contributed by atoms with Crippen LogP contribution in [0.5, 0.6) is 0 Å². The lowest BCUT2D eigenvalue weighted by Gasteiger charge is -1.91. The van der Waals surface area contributed by atoms with Crippen molar-refractivity contribution in [1.29, 1.82) is 0 Å². The van der Waals surface area contributed by atoms with Gasteiger partial charge < -0.3 is 5.73 Å². The second-order valence-electron chi connectivity index (χ2n) is 3.70. The average Bonchev–Trinajstić information content (AvgIpc) is 2.49. The van der Waals surface area contributed by atoms with E-state index in [-0.39, 0.29) is 0 Å². The smallest absolute Gasteiger partial charge is 0.0857 e. The van der Waals surface area contributed by atoms with Crippen LogP contribution in [0.25, 0.3) is 0 Å². The van der Waals surface area contributed by atoms with Gasteiger partial charge in [0.25, 0.3) is 0 Å². The van der Waals surface area contributed by atoms with Crippen LogP contribution >= 0.6 is 15.9 Å². The van der Waals surface area contributed by atoms with Crippen LogP contribution in [0.4, 0.5) is 11.4 Å². The lowest BCUT2D eigenvalue weighted by Crippen LogP contribution is -1.97. The van der Waals surface area contributed by atoms with E-state index < -0.39 is 0 Å². The minimum absolute atomic E-state index is 0.797. The molecule has 0 aromatic heterocycles. The van der Waals surface area contributed by atoms with Gasteiger partial charge in [-0.3, -0.25) is 0 Å². The Labute approximate surface area is 122 Å². The van der Waals surface area contributed by atoms with E-state index in [4.69, 9.17) is 5.73 Å². The zero-order valence-electron chi connectivity index (χ0n) is 10.7. The fraction of sp³-hybridized carbons (Fsp3) is 0.200. The number of nitrogens with two attached hydrogens (primary N) is 1. The molecule has 19 heavy (non-hydrogen) atoms. The van der Waals surface area contributed by atoms with Crippen LogP contribution in [0.3, 0.4) is 0 Å². The zero-order chi connectivity index (χ0) is 13.8. The van der Waals surface area contributed by atoms with Crippen molar-refractivity contribution in [2.75, 3.05) is 11.9 Å². The summed E-state index contributed by atoms with van der Waals surface area (Å²) in [4.78, 5) is 0. The molecule has 2 aromatic carbocycles. The van der Waals surface area contributed by atoms with Crippen molar-refractivity contribution in [1.82, 2.24) is 0 Å². The third-order valence-electron chi connectivity index (χ3n) is 2.13. The first-order valence-electron chi connectivity index (χ1n) is 6.14. The minimum Gasteiger partial charge on any atom is -0.330 e. The minimum atomic E-state index is 0.797. The molecule has 2 N–H and O–H groups in total. The number of hydrogen-bond donors (Lipinski definition) is 1. The maximum atomic E-state index is 5.11. The normalized spacial score (nSPS) is 10.0. The van der Waals surface area contributed by atoms with Crippen molar-refractivity contribution < 1.29 is 0 Å². The molecule has 0 amide bonds.